The van der Waals surface area contributed by atoms with Gasteiger partial charge in [-0.3, -0.25) is 4.67 Å². The van der Waals surface area contributed by atoms with E-state index in [0.29, 0.717) is 0 Å². The van der Waals surface area contributed by atoms with Gasteiger partial charge in [-0.15, -0.1) is 0 Å². The van der Waals surface area contributed by atoms with E-state index < -0.39 is 0 Å². The van der Waals surface area contributed by atoms with E-state index in [9.17, 15) is 0 Å². The molecule has 1 unspecified atom stereocenters. The Morgan fingerprint density at radius 1 is 0.706 bits per heavy atom. The van der Waals surface area contributed by atoms with Gasteiger partial charge in [0, 0.05) is 20.5 Å². The van der Waals surface area contributed by atoms with Crippen molar-refractivity contribution >= 4 is 22.9 Å². The topological polar surface area (TPSA) is 27.3 Å². The Morgan fingerprint density at radius 3 is 1.29 bits per heavy atom. The van der Waals surface area contributed by atoms with E-state index in [2.05, 4.69) is 30.8 Å². The van der Waals surface area contributed by atoms with Gasteiger partial charge in [0.25, 0.3) is 0 Å². The van der Waals surface area contributed by atoms with Gasteiger partial charge in [0.15, 0.2) is 0 Å². The third-order valence-corrected chi connectivity index (χ3v) is 5.33. The lowest BCUT2D eigenvalue weighted by molar-refractivity contribution is 0.584. The quantitative estimate of drug-likeness (QED) is 0.726. The molecular weight excluding hydrogens is 297 g/mol. The Morgan fingerprint density at radius 2 is 1.12 bits per heavy atom. The summed E-state index contributed by atoms with van der Waals surface area (Å²) in [5, 5.41) is 6.44. The molecule has 0 radical (unpaired) electrons. The smallest absolute Gasteiger partial charge is 0.0213 e. The Bertz CT molecular complexity index is 133. The highest BCUT2D eigenvalue weighted by molar-refractivity contribution is 9.36. The molecule has 3 aliphatic rings. The third kappa shape index (κ3) is 9.38. The first kappa shape index (κ1) is 15.8. The summed E-state index contributed by atoms with van der Waals surface area (Å²) in [5.74, 6) is 0. The molecule has 3 heterocycles. The van der Waals surface area contributed by atoms with Gasteiger partial charge < -0.3 is 10.6 Å². The number of nitrogens with one attached hydrogen (secondary N) is 2. The molecule has 0 spiro atoms. The summed E-state index contributed by atoms with van der Waals surface area (Å²) in [6, 6.07) is 0. The van der Waals surface area contributed by atoms with Crippen molar-refractivity contribution in [2.24, 2.45) is 0 Å². The predicted molar refractivity (Wildman–Crippen MR) is 82.3 cm³/mol. The number of rotatable bonds is 1. The van der Waals surface area contributed by atoms with Gasteiger partial charge in [0.2, 0.25) is 0 Å². The zero-order chi connectivity index (χ0) is 12.2. The monoisotopic (exact) mass is 323 g/mol. The zero-order valence-corrected chi connectivity index (χ0v) is 13.4. The molecule has 17 heavy (non-hydrogen) atoms. The highest BCUT2D eigenvalue weighted by Crippen LogP contribution is 2.29. The molecule has 0 aromatic rings. The van der Waals surface area contributed by atoms with Crippen LogP contribution in [0.4, 0.5) is 0 Å². The summed E-state index contributed by atoms with van der Waals surface area (Å²) in [6.45, 7) is 7.62. The first-order valence-electron chi connectivity index (χ1n) is 6.96. The Balaban J connectivity index is 0.000000130. The largest absolute Gasteiger partial charge is 0.317 e. The van der Waals surface area contributed by atoms with Gasteiger partial charge in [-0.25, -0.2) is 0 Å². The van der Waals surface area contributed by atoms with Gasteiger partial charge in [-0.1, -0.05) is 0 Å². The standard InChI is InChI=1S/C4H9BrNP.2C4H9N/c5-7-6-3-1-2-4-6;2*1-2-4-5-3-1/h7H,1-4H2;2*5H,1-4H2. The van der Waals surface area contributed by atoms with Crippen LogP contribution in [0.2, 0.25) is 0 Å². The molecule has 0 aromatic heterocycles. The van der Waals surface area contributed by atoms with Crippen LogP contribution in [-0.2, 0) is 0 Å². The number of nitrogens with zero attached hydrogens (tertiary/aromatic N) is 1. The van der Waals surface area contributed by atoms with Crippen LogP contribution in [0.5, 0.6) is 0 Å². The van der Waals surface area contributed by atoms with E-state index in [1.165, 1.54) is 77.8 Å². The summed E-state index contributed by atoms with van der Waals surface area (Å²) in [5.41, 5.74) is 0. The minimum atomic E-state index is 0.857. The van der Waals surface area contributed by atoms with Crippen LogP contribution < -0.4 is 10.6 Å². The van der Waals surface area contributed by atoms with Crippen LogP contribution in [0.15, 0.2) is 0 Å². The maximum atomic E-state index is 3.43. The van der Waals surface area contributed by atoms with Crippen LogP contribution in [0.3, 0.4) is 0 Å². The second kappa shape index (κ2) is 11.9. The molecular formula is C12H27BrN3P. The van der Waals surface area contributed by atoms with Crippen molar-refractivity contribution in [2.45, 2.75) is 38.5 Å². The lowest BCUT2D eigenvalue weighted by Gasteiger charge is -2.06. The number of hydrogen-bond acceptors (Lipinski definition) is 3. The van der Waals surface area contributed by atoms with Crippen molar-refractivity contribution in [3.05, 3.63) is 0 Å². The third-order valence-electron chi connectivity index (χ3n) is 3.14. The normalized spacial score (nSPS) is 24.5. The molecule has 5 heteroatoms. The molecule has 3 saturated heterocycles. The van der Waals surface area contributed by atoms with E-state index in [-0.39, 0.29) is 0 Å². The molecule has 0 amide bonds. The second-order valence-corrected chi connectivity index (χ2v) is 6.56. The average molecular weight is 324 g/mol. The van der Waals surface area contributed by atoms with E-state index in [4.69, 9.17) is 0 Å². The fourth-order valence-electron chi connectivity index (χ4n) is 2.05. The molecule has 0 aliphatic carbocycles. The predicted octanol–water partition coefficient (Wildman–Crippen LogP) is 2.73. The molecule has 0 saturated carbocycles. The van der Waals surface area contributed by atoms with Crippen molar-refractivity contribution in [1.29, 1.82) is 0 Å². The van der Waals surface area contributed by atoms with Crippen molar-refractivity contribution in [1.82, 2.24) is 15.3 Å². The first-order valence-corrected chi connectivity index (χ1v) is 10.2. The van der Waals surface area contributed by atoms with Crippen molar-refractivity contribution in [2.75, 3.05) is 39.3 Å². The first-order chi connectivity index (χ1) is 8.43. The second-order valence-electron chi connectivity index (χ2n) is 4.69. The van der Waals surface area contributed by atoms with Gasteiger partial charge in [-0.05, 0) is 80.2 Å². The summed E-state index contributed by atoms with van der Waals surface area (Å²) in [7, 11) is 0.857. The van der Waals surface area contributed by atoms with Gasteiger partial charge in [-0.2, -0.15) is 0 Å². The van der Waals surface area contributed by atoms with Crippen molar-refractivity contribution in [3.63, 3.8) is 0 Å². The maximum Gasteiger partial charge on any atom is 0.0213 e. The SMILES string of the molecule is BrPN1CCCC1.C1CCNC1.C1CCNC1. The minimum Gasteiger partial charge on any atom is -0.317 e. The highest BCUT2D eigenvalue weighted by Gasteiger charge is 2.07. The summed E-state index contributed by atoms with van der Waals surface area (Å²) in [4.78, 5) is 0. The van der Waals surface area contributed by atoms with Crippen LogP contribution in [-0.4, -0.2) is 43.9 Å². The van der Waals surface area contributed by atoms with E-state index in [1.54, 1.807) is 0 Å². The number of hydrogen-bond donors (Lipinski definition) is 2. The fraction of sp³-hybridized carbons (Fsp3) is 1.00. The minimum absolute atomic E-state index is 0.857. The highest BCUT2D eigenvalue weighted by atomic mass is 79.9. The molecule has 1 atom stereocenters. The van der Waals surface area contributed by atoms with Crippen LogP contribution in [0, 0.1) is 0 Å². The van der Waals surface area contributed by atoms with E-state index >= 15 is 0 Å². The lowest BCUT2D eigenvalue weighted by Crippen LogP contribution is -2.03. The van der Waals surface area contributed by atoms with E-state index in [1.807, 2.05) is 0 Å². The van der Waals surface area contributed by atoms with Crippen molar-refractivity contribution in [3.8, 4) is 0 Å². The Labute approximate surface area is 116 Å². The zero-order valence-electron chi connectivity index (χ0n) is 10.8. The van der Waals surface area contributed by atoms with Gasteiger partial charge >= 0.3 is 0 Å². The van der Waals surface area contributed by atoms with Crippen LogP contribution >= 0.6 is 22.9 Å². The van der Waals surface area contributed by atoms with E-state index in [0.717, 1.165) is 7.43 Å². The fourth-order valence-corrected chi connectivity index (χ4v) is 3.60. The summed E-state index contributed by atoms with van der Waals surface area (Å²) >= 11 is 3.43. The Hall–Kier alpha value is 0.790. The van der Waals surface area contributed by atoms with Gasteiger partial charge in [0.05, 0.1) is 0 Å². The Kier molecular flexibility index (Phi) is 11.1. The molecule has 3 aliphatic heterocycles. The lowest BCUT2D eigenvalue weighted by atomic mass is 10.4. The molecule has 3 nitrogen and oxygen atoms in total. The number of halogens is 1. The summed E-state index contributed by atoms with van der Waals surface area (Å²) in [6.07, 6.45) is 8.36. The molecule has 0 aromatic carbocycles. The van der Waals surface area contributed by atoms with Crippen molar-refractivity contribution < 1.29 is 0 Å². The average Bonchev–Trinajstić information content (AvgIpc) is 3.13. The van der Waals surface area contributed by atoms with Gasteiger partial charge in [0.1, 0.15) is 0 Å². The molecule has 3 fully saturated rings. The molecule has 0 bridgehead atoms. The van der Waals surface area contributed by atoms with Crippen LogP contribution in [0.1, 0.15) is 38.5 Å². The maximum absolute atomic E-state index is 3.43. The molecule has 3 rings (SSSR count). The summed E-state index contributed by atoms with van der Waals surface area (Å²) < 4.78 is 2.43. The molecule has 102 valence electrons. The van der Waals surface area contributed by atoms with Crippen LogP contribution in [0.25, 0.3) is 0 Å². The molecule has 2 N–H and O–H groups in total.